The normalized spacial score (nSPS) is 18.2. The van der Waals surface area contributed by atoms with Gasteiger partial charge in [-0.05, 0) is 37.1 Å². The lowest BCUT2D eigenvalue weighted by atomic mass is 9.95. The first kappa shape index (κ1) is 20.3. The van der Waals surface area contributed by atoms with E-state index in [2.05, 4.69) is 14.8 Å². The summed E-state index contributed by atoms with van der Waals surface area (Å²) in [7, 11) is -3.78. The van der Waals surface area contributed by atoms with E-state index in [0.717, 1.165) is 25.7 Å². The highest BCUT2D eigenvalue weighted by atomic mass is 32.2. The number of furan rings is 1. The quantitative estimate of drug-likeness (QED) is 0.563. The minimum absolute atomic E-state index is 0.0742. The summed E-state index contributed by atoms with van der Waals surface area (Å²) in [5.41, 5.74) is 0.474. The zero-order valence-electron chi connectivity index (χ0n) is 16.5. The molecule has 0 bridgehead atoms. The van der Waals surface area contributed by atoms with Crippen LogP contribution in [0.1, 0.15) is 49.8 Å². The molecule has 1 amide bonds. The highest BCUT2D eigenvalue weighted by molar-refractivity contribution is 7.90. The van der Waals surface area contributed by atoms with Crippen molar-refractivity contribution in [2.75, 3.05) is 6.54 Å². The molecule has 0 atom stereocenters. The standard InChI is InChI=1S/C21H24N4O4S/c26-20(23-16-7-2-1-3-8-16)12-13-25(22-15-17-9-6-14-29-17)21-18-10-4-5-11-19(18)30(27,28)24-21/h4-6,9-11,14-16H,1-3,7-8,12-13H2,(H,23,26)/b22-15-. The number of amidine groups is 1. The zero-order chi connectivity index (χ0) is 21.0. The number of nitrogens with one attached hydrogen (secondary N) is 1. The van der Waals surface area contributed by atoms with Crippen molar-refractivity contribution < 1.29 is 17.6 Å². The Bertz CT molecular complexity index is 1050. The molecular weight excluding hydrogens is 404 g/mol. The summed E-state index contributed by atoms with van der Waals surface area (Å²) in [5.74, 6) is 0.648. The number of amides is 1. The van der Waals surface area contributed by atoms with E-state index in [1.54, 1.807) is 30.3 Å². The Hall–Kier alpha value is -2.94. The van der Waals surface area contributed by atoms with Crippen LogP contribution in [-0.2, 0) is 14.8 Å². The van der Waals surface area contributed by atoms with E-state index in [1.165, 1.54) is 30.0 Å². The molecule has 4 rings (SSSR count). The van der Waals surface area contributed by atoms with Crippen molar-refractivity contribution in [1.82, 2.24) is 10.3 Å². The van der Waals surface area contributed by atoms with E-state index in [9.17, 15) is 13.2 Å². The molecule has 1 aliphatic carbocycles. The van der Waals surface area contributed by atoms with E-state index in [1.807, 2.05) is 0 Å². The summed E-state index contributed by atoms with van der Waals surface area (Å²) in [6, 6.07) is 10.3. The van der Waals surface area contributed by atoms with Crippen LogP contribution in [-0.4, -0.2) is 44.0 Å². The van der Waals surface area contributed by atoms with Gasteiger partial charge in [-0.3, -0.25) is 4.79 Å². The molecule has 30 heavy (non-hydrogen) atoms. The average molecular weight is 429 g/mol. The third-order valence-electron chi connectivity index (χ3n) is 5.25. The van der Waals surface area contributed by atoms with E-state index < -0.39 is 10.0 Å². The van der Waals surface area contributed by atoms with Crippen LogP contribution in [0.15, 0.2) is 61.5 Å². The van der Waals surface area contributed by atoms with Crippen LogP contribution in [0, 0.1) is 0 Å². The number of rotatable bonds is 6. The van der Waals surface area contributed by atoms with E-state index in [4.69, 9.17) is 4.42 Å². The highest BCUT2D eigenvalue weighted by Crippen LogP contribution is 2.27. The number of benzene rings is 1. The SMILES string of the molecule is O=C(CCN(/N=C\c1ccco1)C1=NS(=O)(=O)c2ccccc21)NC1CCCCC1. The number of fused-ring (bicyclic) bond motifs is 1. The van der Waals surface area contributed by atoms with Crippen LogP contribution in [0.5, 0.6) is 0 Å². The second kappa shape index (κ2) is 8.83. The third kappa shape index (κ3) is 4.62. The molecule has 1 fully saturated rings. The van der Waals surface area contributed by atoms with Gasteiger partial charge in [-0.15, -0.1) is 4.40 Å². The van der Waals surface area contributed by atoms with Crippen LogP contribution in [0.2, 0.25) is 0 Å². The van der Waals surface area contributed by atoms with Gasteiger partial charge < -0.3 is 9.73 Å². The molecule has 1 aromatic heterocycles. The lowest BCUT2D eigenvalue weighted by molar-refractivity contribution is -0.122. The number of hydrogen-bond donors (Lipinski definition) is 1. The lowest BCUT2D eigenvalue weighted by Crippen LogP contribution is -2.38. The van der Waals surface area contributed by atoms with Gasteiger partial charge >= 0.3 is 0 Å². The molecule has 2 aromatic rings. The second-order valence-electron chi connectivity index (χ2n) is 7.42. The van der Waals surface area contributed by atoms with Gasteiger partial charge in [0.1, 0.15) is 10.7 Å². The fourth-order valence-corrected chi connectivity index (χ4v) is 4.94. The molecule has 2 aliphatic rings. The van der Waals surface area contributed by atoms with Crippen molar-refractivity contribution in [3.63, 3.8) is 0 Å². The number of hydrazone groups is 1. The summed E-state index contributed by atoms with van der Waals surface area (Å²) in [4.78, 5) is 12.6. The van der Waals surface area contributed by atoms with Crippen LogP contribution >= 0.6 is 0 Å². The van der Waals surface area contributed by atoms with Gasteiger partial charge in [0.25, 0.3) is 10.0 Å². The van der Waals surface area contributed by atoms with E-state index in [0.29, 0.717) is 11.3 Å². The van der Waals surface area contributed by atoms with Gasteiger partial charge in [0.05, 0.1) is 19.0 Å². The molecular formula is C21H24N4O4S. The first-order valence-electron chi connectivity index (χ1n) is 10.1. The van der Waals surface area contributed by atoms with Gasteiger partial charge in [0.15, 0.2) is 5.84 Å². The fourth-order valence-electron chi connectivity index (χ4n) is 3.74. The van der Waals surface area contributed by atoms with Crippen molar-refractivity contribution in [2.24, 2.45) is 9.50 Å². The van der Waals surface area contributed by atoms with E-state index in [-0.39, 0.29) is 35.6 Å². The monoisotopic (exact) mass is 428 g/mol. The van der Waals surface area contributed by atoms with Crippen molar-refractivity contribution in [2.45, 2.75) is 49.5 Å². The van der Waals surface area contributed by atoms with Crippen LogP contribution < -0.4 is 5.32 Å². The van der Waals surface area contributed by atoms with E-state index >= 15 is 0 Å². The molecule has 9 heteroatoms. The van der Waals surface area contributed by atoms with Crippen molar-refractivity contribution in [3.8, 4) is 0 Å². The average Bonchev–Trinajstić information content (AvgIpc) is 3.35. The minimum Gasteiger partial charge on any atom is -0.463 e. The van der Waals surface area contributed by atoms with Crippen LogP contribution in [0.25, 0.3) is 0 Å². The number of carbonyl (C=O) groups is 1. The van der Waals surface area contributed by atoms with Gasteiger partial charge in [0, 0.05) is 18.0 Å². The van der Waals surface area contributed by atoms with Crippen LogP contribution in [0.4, 0.5) is 0 Å². The maximum absolute atomic E-state index is 12.5. The maximum Gasteiger partial charge on any atom is 0.285 e. The second-order valence-corrected chi connectivity index (χ2v) is 8.99. The Kier molecular flexibility index (Phi) is 5.98. The Morgan fingerprint density at radius 3 is 2.77 bits per heavy atom. The summed E-state index contributed by atoms with van der Waals surface area (Å²) in [5, 5.41) is 8.90. The van der Waals surface area contributed by atoms with Crippen molar-refractivity contribution >= 4 is 28.0 Å². The predicted octanol–water partition coefficient (Wildman–Crippen LogP) is 2.90. The molecule has 1 aromatic carbocycles. The Morgan fingerprint density at radius 1 is 1.20 bits per heavy atom. The first-order chi connectivity index (χ1) is 14.5. The number of sulfonamides is 1. The smallest absolute Gasteiger partial charge is 0.285 e. The summed E-state index contributed by atoms with van der Waals surface area (Å²) in [6.07, 6.45) is 8.68. The molecule has 158 valence electrons. The van der Waals surface area contributed by atoms with Crippen molar-refractivity contribution in [1.29, 1.82) is 0 Å². The summed E-state index contributed by atoms with van der Waals surface area (Å²) >= 11 is 0. The van der Waals surface area contributed by atoms with Gasteiger partial charge in [-0.25, -0.2) is 5.01 Å². The molecule has 0 unspecified atom stereocenters. The van der Waals surface area contributed by atoms with Crippen molar-refractivity contribution in [3.05, 3.63) is 54.0 Å². The third-order valence-corrected chi connectivity index (χ3v) is 6.57. The number of carbonyl (C=O) groups excluding carboxylic acids is 1. The Morgan fingerprint density at radius 2 is 2.00 bits per heavy atom. The molecule has 0 radical (unpaired) electrons. The largest absolute Gasteiger partial charge is 0.463 e. The molecule has 1 N–H and O–H groups in total. The molecule has 1 aliphatic heterocycles. The molecule has 0 spiro atoms. The highest BCUT2D eigenvalue weighted by Gasteiger charge is 2.32. The van der Waals surface area contributed by atoms with Gasteiger partial charge in [0.2, 0.25) is 5.91 Å². The predicted molar refractivity (Wildman–Crippen MR) is 113 cm³/mol. The maximum atomic E-state index is 12.5. The Labute approximate surface area is 175 Å². The number of nitrogens with zero attached hydrogens (tertiary/aromatic N) is 3. The topological polar surface area (TPSA) is 104 Å². The van der Waals surface area contributed by atoms with Gasteiger partial charge in [-0.1, -0.05) is 31.4 Å². The Balaban J connectivity index is 1.52. The zero-order valence-corrected chi connectivity index (χ0v) is 17.3. The number of hydrogen-bond acceptors (Lipinski definition) is 6. The lowest BCUT2D eigenvalue weighted by Gasteiger charge is -2.23. The summed E-state index contributed by atoms with van der Waals surface area (Å²) < 4.78 is 34.1. The van der Waals surface area contributed by atoms with Crippen LogP contribution in [0.3, 0.4) is 0 Å². The molecule has 2 heterocycles. The summed E-state index contributed by atoms with van der Waals surface area (Å²) in [6.45, 7) is 0.193. The minimum atomic E-state index is -3.78. The molecule has 0 saturated heterocycles. The first-order valence-corrected chi connectivity index (χ1v) is 11.6. The molecule has 1 saturated carbocycles. The van der Waals surface area contributed by atoms with Gasteiger partial charge in [-0.2, -0.15) is 13.5 Å². The molecule has 8 nitrogen and oxygen atoms in total. The fraction of sp³-hybridized carbons (Fsp3) is 0.381.